The summed E-state index contributed by atoms with van der Waals surface area (Å²) in [4.78, 5) is 37.5. The van der Waals surface area contributed by atoms with Crippen molar-refractivity contribution in [2.75, 3.05) is 13.2 Å². The molecular weight excluding hydrogens is 661 g/mol. The molecule has 0 aliphatic rings. The summed E-state index contributed by atoms with van der Waals surface area (Å²) in [5, 5.41) is 0. The van der Waals surface area contributed by atoms with Gasteiger partial charge in [0, 0.05) is 19.3 Å². The van der Waals surface area contributed by atoms with E-state index in [-0.39, 0.29) is 44.0 Å². The molecule has 0 aromatic heterocycles. The van der Waals surface area contributed by atoms with Gasteiger partial charge in [-0.25, -0.2) is 0 Å². The van der Waals surface area contributed by atoms with E-state index in [1.165, 1.54) is 64.2 Å². The zero-order valence-corrected chi connectivity index (χ0v) is 34.0. The first-order valence-corrected chi connectivity index (χ1v) is 21.2. The van der Waals surface area contributed by atoms with E-state index >= 15 is 0 Å². The lowest BCUT2D eigenvalue weighted by molar-refractivity contribution is -0.167. The van der Waals surface area contributed by atoms with E-state index in [1.54, 1.807) is 0 Å². The summed E-state index contributed by atoms with van der Waals surface area (Å²) in [7, 11) is 0. The molecule has 0 aliphatic carbocycles. The van der Waals surface area contributed by atoms with Crippen molar-refractivity contribution in [1.82, 2.24) is 0 Å². The lowest BCUT2D eigenvalue weighted by Gasteiger charge is -2.18. The Labute approximate surface area is 325 Å². The van der Waals surface area contributed by atoms with Gasteiger partial charge in [0.05, 0.1) is 0 Å². The third-order valence-electron chi connectivity index (χ3n) is 8.48. The molecule has 300 valence electrons. The van der Waals surface area contributed by atoms with E-state index in [0.717, 1.165) is 57.8 Å². The summed E-state index contributed by atoms with van der Waals surface area (Å²) < 4.78 is 16.5. The van der Waals surface area contributed by atoms with Gasteiger partial charge in [0.25, 0.3) is 0 Å². The first-order valence-electron chi connectivity index (χ1n) is 21.2. The third kappa shape index (κ3) is 39.6. The van der Waals surface area contributed by atoms with E-state index in [4.69, 9.17) is 14.2 Å². The van der Waals surface area contributed by atoms with Gasteiger partial charge in [-0.15, -0.1) is 0 Å². The SMILES string of the molecule is CC\C=C/C=C\C=C/C=C\C=C/CCCC(=O)OCC(COC(=O)CCC/C=C\CCCCCC)OC(=O)CCCCC/C=C\CCCCCCCC. The molecule has 6 nitrogen and oxygen atoms in total. The third-order valence-corrected chi connectivity index (χ3v) is 8.48. The lowest BCUT2D eigenvalue weighted by Crippen LogP contribution is -2.30. The zero-order chi connectivity index (χ0) is 38.7. The van der Waals surface area contributed by atoms with Crippen molar-refractivity contribution < 1.29 is 28.6 Å². The number of hydrogen-bond acceptors (Lipinski definition) is 6. The van der Waals surface area contributed by atoms with E-state index in [9.17, 15) is 14.4 Å². The quantitative estimate of drug-likeness (QED) is 0.0209. The smallest absolute Gasteiger partial charge is 0.306 e. The van der Waals surface area contributed by atoms with Gasteiger partial charge in [-0.3, -0.25) is 14.4 Å². The van der Waals surface area contributed by atoms with Crippen LogP contribution in [0.4, 0.5) is 0 Å². The number of rotatable bonds is 36. The number of allylic oxidation sites excluding steroid dienone is 14. The van der Waals surface area contributed by atoms with Crippen molar-refractivity contribution >= 4 is 17.9 Å². The molecule has 0 saturated carbocycles. The molecule has 0 amide bonds. The molecule has 0 aromatic carbocycles. The number of esters is 3. The van der Waals surface area contributed by atoms with E-state index in [2.05, 4.69) is 51.2 Å². The Hall–Kier alpha value is -3.41. The second-order valence-electron chi connectivity index (χ2n) is 13.6. The predicted molar refractivity (Wildman–Crippen MR) is 224 cm³/mol. The zero-order valence-electron chi connectivity index (χ0n) is 34.0. The van der Waals surface area contributed by atoms with Crippen LogP contribution in [-0.2, 0) is 28.6 Å². The van der Waals surface area contributed by atoms with E-state index in [1.807, 2.05) is 54.7 Å². The Balaban J connectivity index is 4.56. The van der Waals surface area contributed by atoms with Crippen LogP contribution in [0.1, 0.15) is 175 Å². The van der Waals surface area contributed by atoms with E-state index < -0.39 is 6.10 Å². The first kappa shape index (κ1) is 49.6. The summed E-state index contributed by atoms with van der Waals surface area (Å²) in [5.74, 6) is -1.06. The molecule has 0 heterocycles. The molecule has 0 aliphatic heterocycles. The topological polar surface area (TPSA) is 78.9 Å². The van der Waals surface area contributed by atoms with Crippen molar-refractivity contribution in [3.8, 4) is 0 Å². The number of ether oxygens (including phenoxy) is 3. The first-order chi connectivity index (χ1) is 26.0. The molecule has 1 atom stereocenters. The number of carbonyl (C=O) groups excluding carboxylic acids is 3. The molecule has 1 unspecified atom stereocenters. The van der Waals surface area contributed by atoms with E-state index in [0.29, 0.717) is 19.3 Å². The highest BCUT2D eigenvalue weighted by Crippen LogP contribution is 2.11. The maximum atomic E-state index is 12.7. The van der Waals surface area contributed by atoms with Gasteiger partial charge in [-0.05, 0) is 77.0 Å². The molecule has 6 heteroatoms. The van der Waals surface area contributed by atoms with Crippen LogP contribution < -0.4 is 0 Å². The summed E-state index contributed by atoms with van der Waals surface area (Å²) in [6.07, 6.45) is 51.5. The standard InChI is InChI=1S/C47H76O6/c1-4-7-10-13-16-19-21-23-25-28-31-34-37-40-46(49)52-43-44(42-51-45(48)39-36-33-30-27-18-15-12-9-6-3)53-47(50)41-38-35-32-29-26-24-22-20-17-14-11-8-5-2/h7,10,13,16,19,21,23-28,30-31,44H,4-6,8-9,11-12,14-15,17-18,20,22,29,32-43H2,1-3H3/b10-7-,16-13-,21-19-,25-23-,26-24-,30-27-,31-28-. The molecule has 0 fully saturated rings. The summed E-state index contributed by atoms with van der Waals surface area (Å²) in [5.41, 5.74) is 0. The molecule has 0 bridgehead atoms. The maximum absolute atomic E-state index is 12.7. The minimum absolute atomic E-state index is 0.122. The van der Waals surface area contributed by atoms with Crippen molar-refractivity contribution in [3.05, 3.63) is 85.1 Å². The molecule has 0 radical (unpaired) electrons. The Bertz CT molecular complexity index is 1080. The van der Waals surface area contributed by atoms with Crippen LogP contribution in [0.3, 0.4) is 0 Å². The molecule has 0 spiro atoms. The number of unbranched alkanes of at least 4 members (excludes halogenated alkanes) is 15. The minimum Gasteiger partial charge on any atom is -0.462 e. The summed E-state index contributed by atoms with van der Waals surface area (Å²) in [6.45, 7) is 6.31. The van der Waals surface area contributed by atoms with Gasteiger partial charge in [0.2, 0.25) is 0 Å². The highest BCUT2D eigenvalue weighted by Gasteiger charge is 2.19. The maximum Gasteiger partial charge on any atom is 0.306 e. The summed E-state index contributed by atoms with van der Waals surface area (Å²) in [6, 6.07) is 0. The molecule has 0 rings (SSSR count). The van der Waals surface area contributed by atoms with Crippen LogP contribution in [-0.4, -0.2) is 37.2 Å². The number of carbonyl (C=O) groups is 3. The average Bonchev–Trinajstić information content (AvgIpc) is 3.15. The highest BCUT2D eigenvalue weighted by molar-refractivity contribution is 5.71. The molecular formula is C47H76O6. The average molecular weight is 737 g/mol. The van der Waals surface area contributed by atoms with Crippen molar-refractivity contribution in [2.45, 2.75) is 181 Å². The fraction of sp³-hybridized carbons (Fsp3) is 0.638. The normalized spacial score (nSPS) is 12.9. The van der Waals surface area contributed by atoms with Gasteiger partial charge in [-0.1, -0.05) is 164 Å². The Morgan fingerprint density at radius 1 is 0.396 bits per heavy atom. The van der Waals surface area contributed by atoms with Gasteiger partial charge in [0.1, 0.15) is 13.2 Å². The summed E-state index contributed by atoms with van der Waals surface area (Å²) >= 11 is 0. The molecule has 0 N–H and O–H groups in total. The monoisotopic (exact) mass is 737 g/mol. The number of hydrogen-bond donors (Lipinski definition) is 0. The van der Waals surface area contributed by atoms with Gasteiger partial charge in [0.15, 0.2) is 6.10 Å². The Morgan fingerprint density at radius 2 is 0.774 bits per heavy atom. The van der Waals surface area contributed by atoms with Crippen molar-refractivity contribution in [1.29, 1.82) is 0 Å². The van der Waals surface area contributed by atoms with Gasteiger partial charge in [-0.2, -0.15) is 0 Å². The van der Waals surface area contributed by atoms with Crippen LogP contribution in [0.15, 0.2) is 85.1 Å². The second kappa shape index (κ2) is 41.3. The van der Waals surface area contributed by atoms with Crippen LogP contribution in [0.5, 0.6) is 0 Å². The van der Waals surface area contributed by atoms with Gasteiger partial charge < -0.3 is 14.2 Å². The van der Waals surface area contributed by atoms with Crippen molar-refractivity contribution in [2.24, 2.45) is 0 Å². The molecule has 0 saturated heterocycles. The highest BCUT2D eigenvalue weighted by atomic mass is 16.6. The fourth-order valence-corrected chi connectivity index (χ4v) is 5.29. The molecule has 53 heavy (non-hydrogen) atoms. The van der Waals surface area contributed by atoms with Gasteiger partial charge >= 0.3 is 17.9 Å². The fourth-order valence-electron chi connectivity index (χ4n) is 5.29. The van der Waals surface area contributed by atoms with Crippen molar-refractivity contribution in [3.63, 3.8) is 0 Å². The van der Waals surface area contributed by atoms with Crippen LogP contribution in [0, 0.1) is 0 Å². The lowest BCUT2D eigenvalue weighted by atomic mass is 10.1. The van der Waals surface area contributed by atoms with Crippen LogP contribution >= 0.6 is 0 Å². The Kier molecular flexibility index (Phi) is 38.7. The predicted octanol–water partition coefficient (Wildman–Crippen LogP) is 13.3. The van der Waals surface area contributed by atoms with Crippen LogP contribution in [0.2, 0.25) is 0 Å². The minimum atomic E-state index is -0.820. The largest absolute Gasteiger partial charge is 0.462 e. The Morgan fingerprint density at radius 3 is 1.28 bits per heavy atom. The van der Waals surface area contributed by atoms with Crippen LogP contribution in [0.25, 0.3) is 0 Å². The molecule has 0 aromatic rings. The second-order valence-corrected chi connectivity index (χ2v) is 13.6.